The van der Waals surface area contributed by atoms with Crippen molar-refractivity contribution in [2.45, 2.75) is 32.2 Å². The molecule has 108 valence electrons. The third kappa shape index (κ3) is 2.60. The van der Waals surface area contributed by atoms with Gasteiger partial charge in [0.05, 0.1) is 6.20 Å². The Morgan fingerprint density at radius 2 is 2.20 bits per heavy atom. The molecule has 0 aliphatic heterocycles. The van der Waals surface area contributed by atoms with Crippen LogP contribution in [0.2, 0.25) is 0 Å². The summed E-state index contributed by atoms with van der Waals surface area (Å²) >= 11 is 0. The molecule has 1 N–H and O–H groups in total. The Balaban J connectivity index is 1.60. The van der Waals surface area contributed by atoms with E-state index in [4.69, 9.17) is 0 Å². The molecular weight excluding hydrogens is 254 g/mol. The summed E-state index contributed by atoms with van der Waals surface area (Å²) in [5.41, 5.74) is 0.635. The number of rotatable bonds is 5. The molecule has 0 atom stereocenters. The average molecular weight is 275 g/mol. The number of nitrogens with zero attached hydrogens (tertiary/aromatic N) is 4. The third-order valence-electron chi connectivity index (χ3n) is 4.16. The normalized spacial score (nSPS) is 16.2. The highest BCUT2D eigenvalue weighted by molar-refractivity contribution is 5.72. The molecule has 1 aliphatic rings. The van der Waals surface area contributed by atoms with Crippen LogP contribution in [0.4, 0.5) is 0 Å². The van der Waals surface area contributed by atoms with Gasteiger partial charge < -0.3 is 5.32 Å². The van der Waals surface area contributed by atoms with Crippen LogP contribution in [0.25, 0.3) is 11.0 Å². The standard InChI is InChI=1S/C14H21N5O/c1-18-13-12(9-17-18)14(20)19(10-16-13)7-6-15-8-11-4-2-3-5-11/h9-11,15H,2-8H2,1H3. The lowest BCUT2D eigenvalue weighted by Gasteiger charge is -2.11. The predicted octanol–water partition coefficient (Wildman–Crippen LogP) is 0.910. The monoisotopic (exact) mass is 275 g/mol. The summed E-state index contributed by atoms with van der Waals surface area (Å²) in [6.07, 6.45) is 8.63. The number of aromatic nitrogens is 4. The molecule has 0 spiro atoms. The Hall–Kier alpha value is -1.69. The highest BCUT2D eigenvalue weighted by Gasteiger charge is 2.14. The lowest BCUT2D eigenvalue weighted by molar-refractivity contribution is 0.473. The number of hydrogen-bond acceptors (Lipinski definition) is 4. The molecule has 0 aromatic carbocycles. The van der Waals surface area contributed by atoms with Crippen LogP contribution in [0.3, 0.4) is 0 Å². The molecule has 6 nitrogen and oxygen atoms in total. The zero-order valence-electron chi connectivity index (χ0n) is 11.9. The minimum absolute atomic E-state index is 0.00855. The van der Waals surface area contributed by atoms with Gasteiger partial charge in [0.2, 0.25) is 0 Å². The van der Waals surface area contributed by atoms with E-state index in [1.165, 1.54) is 25.7 Å². The van der Waals surface area contributed by atoms with Crippen LogP contribution in [0.5, 0.6) is 0 Å². The highest BCUT2D eigenvalue weighted by Crippen LogP contribution is 2.23. The van der Waals surface area contributed by atoms with Gasteiger partial charge in [-0.05, 0) is 25.3 Å². The SMILES string of the molecule is Cn1ncc2c(=O)n(CCNCC3CCCC3)cnc21. The zero-order chi connectivity index (χ0) is 13.9. The minimum Gasteiger partial charge on any atom is -0.315 e. The Labute approximate surface area is 117 Å². The van der Waals surface area contributed by atoms with Gasteiger partial charge in [-0.2, -0.15) is 5.10 Å². The fourth-order valence-electron chi connectivity index (χ4n) is 2.95. The molecule has 0 saturated heterocycles. The van der Waals surface area contributed by atoms with E-state index in [1.807, 2.05) is 0 Å². The van der Waals surface area contributed by atoms with Crippen LogP contribution < -0.4 is 10.9 Å². The number of aryl methyl sites for hydroxylation is 1. The van der Waals surface area contributed by atoms with Gasteiger partial charge in [-0.1, -0.05) is 12.8 Å². The first-order valence-electron chi connectivity index (χ1n) is 7.33. The van der Waals surface area contributed by atoms with Crippen LogP contribution >= 0.6 is 0 Å². The van der Waals surface area contributed by atoms with E-state index in [-0.39, 0.29) is 5.56 Å². The maximum atomic E-state index is 12.2. The van der Waals surface area contributed by atoms with E-state index < -0.39 is 0 Å². The van der Waals surface area contributed by atoms with Crippen LogP contribution in [-0.4, -0.2) is 32.4 Å². The summed E-state index contributed by atoms with van der Waals surface area (Å²) in [4.78, 5) is 16.5. The van der Waals surface area contributed by atoms with E-state index >= 15 is 0 Å². The first-order valence-corrected chi connectivity index (χ1v) is 7.33. The van der Waals surface area contributed by atoms with Crippen molar-refractivity contribution in [1.29, 1.82) is 0 Å². The van der Waals surface area contributed by atoms with E-state index in [0.29, 0.717) is 17.6 Å². The molecular formula is C14H21N5O. The van der Waals surface area contributed by atoms with Gasteiger partial charge in [0.25, 0.3) is 5.56 Å². The lowest BCUT2D eigenvalue weighted by atomic mass is 10.1. The van der Waals surface area contributed by atoms with E-state index in [0.717, 1.165) is 19.0 Å². The Morgan fingerprint density at radius 1 is 1.40 bits per heavy atom. The molecule has 1 fully saturated rings. The van der Waals surface area contributed by atoms with Crippen molar-refractivity contribution in [2.24, 2.45) is 13.0 Å². The molecule has 1 saturated carbocycles. The van der Waals surface area contributed by atoms with Crippen molar-refractivity contribution < 1.29 is 0 Å². The van der Waals surface area contributed by atoms with Crippen molar-refractivity contribution in [2.75, 3.05) is 13.1 Å². The van der Waals surface area contributed by atoms with Crippen molar-refractivity contribution in [3.63, 3.8) is 0 Å². The van der Waals surface area contributed by atoms with Crippen LogP contribution in [-0.2, 0) is 13.6 Å². The molecule has 0 bridgehead atoms. The van der Waals surface area contributed by atoms with Crippen molar-refractivity contribution in [1.82, 2.24) is 24.6 Å². The van der Waals surface area contributed by atoms with Crippen molar-refractivity contribution >= 4 is 11.0 Å². The number of hydrogen-bond donors (Lipinski definition) is 1. The Bertz CT molecular complexity index is 639. The molecule has 2 aromatic rings. The maximum Gasteiger partial charge on any atom is 0.264 e. The van der Waals surface area contributed by atoms with Gasteiger partial charge in [0, 0.05) is 20.1 Å². The second-order valence-electron chi connectivity index (χ2n) is 5.60. The summed E-state index contributed by atoms with van der Waals surface area (Å²) in [5.74, 6) is 0.825. The van der Waals surface area contributed by atoms with Crippen LogP contribution in [0.15, 0.2) is 17.3 Å². The zero-order valence-corrected chi connectivity index (χ0v) is 11.9. The fraction of sp³-hybridized carbons (Fsp3) is 0.643. The van der Waals surface area contributed by atoms with Gasteiger partial charge in [0.1, 0.15) is 11.7 Å². The minimum atomic E-state index is -0.00855. The average Bonchev–Trinajstić information content (AvgIpc) is 3.08. The molecule has 0 radical (unpaired) electrons. The summed E-state index contributed by atoms with van der Waals surface area (Å²) in [5, 5.41) is 8.11. The molecule has 2 aromatic heterocycles. The van der Waals surface area contributed by atoms with Crippen LogP contribution in [0.1, 0.15) is 25.7 Å². The predicted molar refractivity (Wildman–Crippen MR) is 77.6 cm³/mol. The summed E-state index contributed by atoms with van der Waals surface area (Å²) < 4.78 is 3.28. The topological polar surface area (TPSA) is 64.7 Å². The van der Waals surface area contributed by atoms with Gasteiger partial charge in [-0.25, -0.2) is 4.98 Å². The first kappa shape index (κ1) is 13.3. The summed E-state index contributed by atoms with van der Waals surface area (Å²) in [6, 6.07) is 0. The first-order chi connectivity index (χ1) is 9.75. The van der Waals surface area contributed by atoms with E-state index in [1.54, 1.807) is 28.8 Å². The van der Waals surface area contributed by atoms with E-state index in [2.05, 4.69) is 15.4 Å². The van der Waals surface area contributed by atoms with Crippen molar-refractivity contribution in [3.8, 4) is 0 Å². The largest absolute Gasteiger partial charge is 0.315 e. The van der Waals surface area contributed by atoms with Gasteiger partial charge >= 0.3 is 0 Å². The molecule has 20 heavy (non-hydrogen) atoms. The summed E-state index contributed by atoms with van der Waals surface area (Å²) in [7, 11) is 1.79. The smallest absolute Gasteiger partial charge is 0.264 e. The van der Waals surface area contributed by atoms with Crippen molar-refractivity contribution in [3.05, 3.63) is 22.9 Å². The van der Waals surface area contributed by atoms with Gasteiger partial charge in [-0.3, -0.25) is 14.0 Å². The molecule has 0 amide bonds. The number of fused-ring (bicyclic) bond motifs is 1. The highest BCUT2D eigenvalue weighted by atomic mass is 16.1. The molecule has 6 heteroatoms. The second-order valence-corrected chi connectivity index (χ2v) is 5.60. The Kier molecular flexibility index (Phi) is 3.82. The molecule has 0 unspecified atom stereocenters. The number of nitrogens with one attached hydrogen (secondary N) is 1. The maximum absolute atomic E-state index is 12.2. The molecule has 1 aliphatic carbocycles. The molecule has 2 heterocycles. The molecule has 3 rings (SSSR count). The second kappa shape index (κ2) is 5.75. The van der Waals surface area contributed by atoms with Crippen LogP contribution in [0, 0.1) is 5.92 Å². The summed E-state index contributed by atoms with van der Waals surface area (Å²) in [6.45, 7) is 2.53. The van der Waals surface area contributed by atoms with Gasteiger partial charge in [0.15, 0.2) is 5.65 Å². The van der Waals surface area contributed by atoms with Gasteiger partial charge in [-0.15, -0.1) is 0 Å². The third-order valence-corrected chi connectivity index (χ3v) is 4.16. The lowest BCUT2D eigenvalue weighted by Crippen LogP contribution is -2.29. The van der Waals surface area contributed by atoms with E-state index in [9.17, 15) is 4.79 Å². The quantitative estimate of drug-likeness (QED) is 0.824. The fourth-order valence-corrected chi connectivity index (χ4v) is 2.95. The Morgan fingerprint density at radius 3 is 3.00 bits per heavy atom.